The van der Waals surface area contributed by atoms with E-state index in [9.17, 15) is 14.7 Å². The predicted molar refractivity (Wildman–Crippen MR) is 155 cm³/mol. The van der Waals surface area contributed by atoms with E-state index in [4.69, 9.17) is 27.8 Å². The third kappa shape index (κ3) is 6.01. The van der Waals surface area contributed by atoms with Crippen LogP contribution in [0.4, 0.5) is 0 Å². The van der Waals surface area contributed by atoms with Crippen molar-refractivity contribution in [1.82, 2.24) is 9.80 Å². The second-order valence-electron chi connectivity index (χ2n) is 9.84. The fourth-order valence-corrected chi connectivity index (χ4v) is 5.05. The van der Waals surface area contributed by atoms with Crippen LogP contribution in [-0.2, 0) is 0 Å². The lowest BCUT2D eigenvalue weighted by molar-refractivity contribution is 0.0603. The van der Waals surface area contributed by atoms with Gasteiger partial charge < -0.3 is 37.8 Å². The second kappa shape index (κ2) is 12.9. The van der Waals surface area contributed by atoms with Crippen LogP contribution < -0.4 is 24.4 Å². The molecule has 1 saturated heterocycles. The zero-order valence-corrected chi connectivity index (χ0v) is 23.9. The molecule has 5 rings (SSSR count). The molecule has 0 unspecified atom stereocenters. The molecule has 222 valence electrons. The number of amides is 1. The Morgan fingerprint density at radius 1 is 0.929 bits per heavy atom. The number of fused-ring (bicyclic) bond motifs is 1. The number of hydrogen-bond acceptors (Lipinski definition) is 10. The third-order valence-electron chi connectivity index (χ3n) is 7.30. The minimum atomic E-state index is -0.422. The number of carbonyl (C=O) groups excluding carboxylic acids is 1. The molecular weight excluding hydrogens is 544 g/mol. The van der Waals surface area contributed by atoms with Crippen LogP contribution in [0.15, 0.2) is 62.4 Å². The normalized spacial score (nSPS) is 13.7. The molecule has 42 heavy (non-hydrogen) atoms. The van der Waals surface area contributed by atoms with Gasteiger partial charge in [-0.2, -0.15) is 0 Å². The number of phenolic OH excluding ortho intramolecular Hbond substituents is 1. The van der Waals surface area contributed by atoms with Crippen LogP contribution in [-0.4, -0.2) is 81.5 Å². The Labute approximate surface area is 242 Å². The number of unbranched alkanes of at least 4 members (excludes halogenated alkanes) is 1. The van der Waals surface area contributed by atoms with E-state index in [0.717, 1.165) is 32.5 Å². The van der Waals surface area contributed by atoms with Gasteiger partial charge in [-0.05, 0) is 49.7 Å². The van der Waals surface area contributed by atoms with E-state index in [0.29, 0.717) is 48.3 Å². The highest BCUT2D eigenvalue weighted by atomic mass is 16.5. The largest absolute Gasteiger partial charge is 0.504 e. The molecular formula is C31H34N2O9. The summed E-state index contributed by atoms with van der Waals surface area (Å²) >= 11 is 0. The fraction of sp³-hybridized carbons (Fsp3) is 0.355. The Morgan fingerprint density at radius 3 is 2.40 bits per heavy atom. The first-order valence-corrected chi connectivity index (χ1v) is 13.7. The molecule has 1 aliphatic rings. The number of carbonyl (C=O) groups is 1. The van der Waals surface area contributed by atoms with Gasteiger partial charge in [-0.1, -0.05) is 0 Å². The Balaban J connectivity index is 1.21. The number of furan rings is 1. The van der Waals surface area contributed by atoms with Crippen LogP contribution in [0, 0.1) is 0 Å². The fourth-order valence-electron chi connectivity index (χ4n) is 5.05. The average molecular weight is 579 g/mol. The summed E-state index contributed by atoms with van der Waals surface area (Å²) in [6.45, 7) is 4.13. The van der Waals surface area contributed by atoms with Crippen LogP contribution in [0.25, 0.3) is 22.3 Å². The summed E-state index contributed by atoms with van der Waals surface area (Å²) in [5.74, 6) is 1.65. The zero-order valence-electron chi connectivity index (χ0n) is 23.9. The molecule has 11 nitrogen and oxygen atoms in total. The predicted octanol–water partition coefficient (Wildman–Crippen LogP) is 4.40. The number of nitrogens with zero attached hydrogens (tertiary/aromatic N) is 2. The van der Waals surface area contributed by atoms with Crippen molar-refractivity contribution in [2.75, 3.05) is 60.7 Å². The van der Waals surface area contributed by atoms with Crippen LogP contribution in [0.1, 0.15) is 23.4 Å². The molecule has 1 amide bonds. The van der Waals surface area contributed by atoms with Gasteiger partial charge in [0.15, 0.2) is 34.2 Å². The summed E-state index contributed by atoms with van der Waals surface area (Å²) in [4.78, 5) is 29.6. The number of methoxy groups -OCH3 is 3. The van der Waals surface area contributed by atoms with Crippen LogP contribution in [0.2, 0.25) is 0 Å². The molecule has 4 aromatic rings. The summed E-state index contributed by atoms with van der Waals surface area (Å²) < 4.78 is 33.3. The highest BCUT2D eigenvalue weighted by Gasteiger charge is 2.24. The monoisotopic (exact) mass is 578 g/mol. The van der Waals surface area contributed by atoms with Crippen LogP contribution in [0.5, 0.6) is 28.7 Å². The van der Waals surface area contributed by atoms with Crippen molar-refractivity contribution in [3.05, 3.63) is 64.7 Å². The van der Waals surface area contributed by atoms with E-state index in [1.807, 2.05) is 4.90 Å². The van der Waals surface area contributed by atoms with Crippen molar-refractivity contribution in [3.8, 4) is 40.1 Å². The number of ether oxygens (including phenoxy) is 4. The summed E-state index contributed by atoms with van der Waals surface area (Å²) in [6, 6.07) is 11.5. The number of rotatable bonds is 11. The summed E-state index contributed by atoms with van der Waals surface area (Å²) in [7, 11) is 4.47. The van der Waals surface area contributed by atoms with E-state index < -0.39 is 5.43 Å². The molecule has 1 fully saturated rings. The number of phenols is 1. The van der Waals surface area contributed by atoms with Crippen molar-refractivity contribution >= 4 is 16.9 Å². The maximum absolute atomic E-state index is 13.0. The highest BCUT2D eigenvalue weighted by molar-refractivity contribution is 5.91. The topological polar surface area (TPSA) is 124 Å². The number of benzene rings is 2. The van der Waals surface area contributed by atoms with Gasteiger partial charge in [-0.3, -0.25) is 14.5 Å². The Morgan fingerprint density at radius 2 is 1.71 bits per heavy atom. The van der Waals surface area contributed by atoms with Crippen molar-refractivity contribution in [2.24, 2.45) is 0 Å². The van der Waals surface area contributed by atoms with E-state index in [2.05, 4.69) is 4.90 Å². The minimum absolute atomic E-state index is 0.00750. The lowest BCUT2D eigenvalue weighted by atomic mass is 10.1. The average Bonchev–Trinajstić information content (AvgIpc) is 3.55. The minimum Gasteiger partial charge on any atom is -0.504 e. The molecule has 1 aliphatic heterocycles. The lowest BCUT2D eigenvalue weighted by Gasteiger charge is -2.34. The van der Waals surface area contributed by atoms with Gasteiger partial charge in [0.05, 0.1) is 34.2 Å². The van der Waals surface area contributed by atoms with Crippen molar-refractivity contribution < 1.29 is 37.7 Å². The molecule has 0 spiro atoms. The van der Waals surface area contributed by atoms with Crippen molar-refractivity contribution in [2.45, 2.75) is 12.8 Å². The maximum atomic E-state index is 13.0. The van der Waals surface area contributed by atoms with E-state index in [-0.39, 0.29) is 34.1 Å². The standard InChI is InChI=1S/C31H34N2O9/c1-37-22-9-8-20(17-25(22)38-2)24-18-21(34)28-26(42-24)19-27(30(39-3)29(28)35)41-15-5-4-10-32-11-13-33(14-12-32)31(36)23-7-6-16-40-23/h6-9,16-19,35H,4-5,10-15H2,1-3H3. The van der Waals surface area contributed by atoms with Gasteiger partial charge in [0.2, 0.25) is 5.75 Å². The van der Waals surface area contributed by atoms with Gasteiger partial charge in [0, 0.05) is 43.9 Å². The Kier molecular flexibility index (Phi) is 8.87. The first-order valence-electron chi connectivity index (χ1n) is 13.7. The molecule has 0 bridgehead atoms. The summed E-state index contributed by atoms with van der Waals surface area (Å²) in [5, 5.41) is 10.9. The first kappa shape index (κ1) is 28.9. The van der Waals surface area contributed by atoms with Crippen molar-refractivity contribution in [3.63, 3.8) is 0 Å². The van der Waals surface area contributed by atoms with E-state index >= 15 is 0 Å². The van der Waals surface area contributed by atoms with Crippen LogP contribution >= 0.6 is 0 Å². The summed E-state index contributed by atoms with van der Waals surface area (Å²) in [6.07, 6.45) is 3.14. The molecule has 0 atom stereocenters. The van der Waals surface area contributed by atoms with Gasteiger partial charge in [-0.25, -0.2) is 0 Å². The SMILES string of the molecule is COc1ccc(-c2cc(=O)c3c(O)c(OC)c(OCCCCN4CCN(C(=O)c5ccco5)CC4)cc3o2)cc1OC. The molecule has 2 aromatic carbocycles. The molecule has 2 aromatic heterocycles. The summed E-state index contributed by atoms with van der Waals surface area (Å²) in [5.41, 5.74) is 0.354. The molecule has 11 heteroatoms. The number of hydrogen-bond donors (Lipinski definition) is 1. The van der Waals surface area contributed by atoms with Crippen molar-refractivity contribution in [1.29, 1.82) is 0 Å². The van der Waals surface area contributed by atoms with Gasteiger partial charge in [-0.15, -0.1) is 0 Å². The van der Waals surface area contributed by atoms with E-state index in [1.165, 1.54) is 26.5 Å². The van der Waals surface area contributed by atoms with Gasteiger partial charge in [0.1, 0.15) is 16.7 Å². The zero-order chi connectivity index (χ0) is 29.6. The van der Waals surface area contributed by atoms with E-state index in [1.54, 1.807) is 43.5 Å². The first-order chi connectivity index (χ1) is 20.4. The highest BCUT2D eigenvalue weighted by Crippen LogP contribution is 2.42. The number of piperazine rings is 1. The molecule has 3 heterocycles. The lowest BCUT2D eigenvalue weighted by Crippen LogP contribution is -2.48. The number of aromatic hydroxyl groups is 1. The smallest absolute Gasteiger partial charge is 0.289 e. The molecule has 0 radical (unpaired) electrons. The van der Waals surface area contributed by atoms with Gasteiger partial charge in [0.25, 0.3) is 5.91 Å². The van der Waals surface area contributed by atoms with Gasteiger partial charge >= 0.3 is 0 Å². The molecule has 1 N–H and O–H groups in total. The van der Waals surface area contributed by atoms with Crippen LogP contribution in [0.3, 0.4) is 0 Å². The molecule has 0 saturated carbocycles. The Hall–Kier alpha value is -4.64. The Bertz CT molecular complexity index is 1590. The molecule has 0 aliphatic carbocycles. The quantitative estimate of drug-likeness (QED) is 0.256. The maximum Gasteiger partial charge on any atom is 0.289 e. The third-order valence-corrected chi connectivity index (χ3v) is 7.30. The second-order valence-corrected chi connectivity index (χ2v) is 9.84.